The molecule has 0 radical (unpaired) electrons. The number of hydrogen-bond acceptors (Lipinski definition) is 5. The number of anilines is 1. The number of hydrogen-bond donors (Lipinski definition) is 2. The molecule has 2 aromatic rings. The molecule has 2 N–H and O–H groups in total. The van der Waals surface area contributed by atoms with Crippen LogP contribution in [0.3, 0.4) is 0 Å². The Morgan fingerprint density at radius 3 is 2.74 bits per heavy atom. The molecule has 1 aromatic heterocycles. The van der Waals surface area contributed by atoms with Crippen molar-refractivity contribution in [1.82, 2.24) is 5.32 Å². The van der Waals surface area contributed by atoms with E-state index in [0.29, 0.717) is 16.5 Å². The summed E-state index contributed by atoms with van der Waals surface area (Å²) in [6, 6.07) is 3.81. The lowest BCUT2D eigenvalue weighted by atomic mass is 9.88. The average Bonchev–Trinajstić information content (AvgIpc) is 2.97. The number of halogens is 1. The molecule has 7 nitrogen and oxygen atoms in total. The highest BCUT2D eigenvalue weighted by Crippen LogP contribution is 2.40. The Kier molecular flexibility index (Phi) is 5.48. The van der Waals surface area contributed by atoms with Crippen molar-refractivity contribution in [3.8, 4) is 0 Å². The molecule has 1 aliphatic carbocycles. The summed E-state index contributed by atoms with van der Waals surface area (Å²) in [5.74, 6) is -0.440. The summed E-state index contributed by atoms with van der Waals surface area (Å²) in [5, 5.41) is 17.2. The van der Waals surface area contributed by atoms with E-state index in [0.717, 1.165) is 29.7 Å². The molecule has 1 aromatic carbocycles. The van der Waals surface area contributed by atoms with Crippen molar-refractivity contribution in [3.63, 3.8) is 0 Å². The Hall–Kier alpha value is -2.45. The van der Waals surface area contributed by atoms with Crippen LogP contribution < -0.4 is 10.6 Å². The van der Waals surface area contributed by atoms with Gasteiger partial charge in [-0.1, -0.05) is 18.5 Å². The summed E-state index contributed by atoms with van der Waals surface area (Å²) < 4.78 is 0. The average molecular weight is 408 g/mol. The number of rotatable bonds is 4. The largest absolute Gasteiger partial charge is 0.355 e. The summed E-state index contributed by atoms with van der Waals surface area (Å²) in [4.78, 5) is 36.8. The Morgan fingerprint density at radius 1 is 1.33 bits per heavy atom. The van der Waals surface area contributed by atoms with E-state index in [-0.39, 0.29) is 22.2 Å². The fraction of sp³-hybridized carbons (Fsp3) is 0.333. The molecule has 1 heterocycles. The predicted molar refractivity (Wildman–Crippen MR) is 105 cm³/mol. The van der Waals surface area contributed by atoms with E-state index in [9.17, 15) is 19.7 Å². The van der Waals surface area contributed by atoms with Crippen molar-refractivity contribution in [2.24, 2.45) is 5.92 Å². The molecule has 0 saturated heterocycles. The smallest absolute Gasteiger partial charge is 0.282 e. The van der Waals surface area contributed by atoms with Gasteiger partial charge in [0.2, 0.25) is 0 Å². The van der Waals surface area contributed by atoms with Gasteiger partial charge >= 0.3 is 0 Å². The van der Waals surface area contributed by atoms with Crippen LogP contribution in [-0.4, -0.2) is 23.8 Å². The first-order valence-electron chi connectivity index (χ1n) is 8.43. The van der Waals surface area contributed by atoms with E-state index in [1.807, 2.05) is 0 Å². The molecule has 0 unspecified atom stereocenters. The second-order valence-corrected chi connectivity index (χ2v) is 8.05. The highest BCUT2D eigenvalue weighted by molar-refractivity contribution is 7.17. The third-order valence-electron chi connectivity index (χ3n) is 4.59. The van der Waals surface area contributed by atoms with Gasteiger partial charge in [-0.2, -0.15) is 0 Å². The monoisotopic (exact) mass is 407 g/mol. The third-order valence-corrected chi connectivity index (χ3v) is 6.00. The maximum atomic E-state index is 12.7. The number of nitro groups is 1. The summed E-state index contributed by atoms with van der Waals surface area (Å²) in [6.07, 6.45) is 2.58. The number of carbonyl (C=O) groups excluding carboxylic acids is 2. The van der Waals surface area contributed by atoms with Gasteiger partial charge in [-0.25, -0.2) is 0 Å². The van der Waals surface area contributed by atoms with Crippen molar-refractivity contribution in [1.29, 1.82) is 0 Å². The van der Waals surface area contributed by atoms with Crippen LogP contribution >= 0.6 is 22.9 Å². The fourth-order valence-corrected chi connectivity index (χ4v) is 4.80. The molecular formula is C18H18ClN3O4S. The van der Waals surface area contributed by atoms with Crippen LogP contribution in [0.4, 0.5) is 10.7 Å². The minimum absolute atomic E-state index is 0.143. The molecule has 3 rings (SSSR count). The minimum Gasteiger partial charge on any atom is -0.355 e. The van der Waals surface area contributed by atoms with Gasteiger partial charge in [-0.05, 0) is 42.9 Å². The molecule has 0 saturated carbocycles. The second kappa shape index (κ2) is 7.66. The molecule has 142 valence electrons. The molecular weight excluding hydrogens is 390 g/mol. The van der Waals surface area contributed by atoms with Gasteiger partial charge in [0.1, 0.15) is 10.6 Å². The first kappa shape index (κ1) is 19.3. The van der Waals surface area contributed by atoms with Gasteiger partial charge in [0.25, 0.3) is 17.5 Å². The fourth-order valence-electron chi connectivity index (χ4n) is 3.22. The number of amides is 2. The number of carbonyl (C=O) groups is 2. The highest BCUT2D eigenvalue weighted by atomic mass is 35.5. The van der Waals surface area contributed by atoms with E-state index < -0.39 is 10.8 Å². The lowest BCUT2D eigenvalue weighted by molar-refractivity contribution is -0.385. The Morgan fingerprint density at radius 2 is 2.07 bits per heavy atom. The summed E-state index contributed by atoms with van der Waals surface area (Å²) in [7, 11) is 1.53. The van der Waals surface area contributed by atoms with Crippen LogP contribution in [0.1, 0.15) is 44.5 Å². The van der Waals surface area contributed by atoms with Crippen LogP contribution in [0.15, 0.2) is 18.2 Å². The van der Waals surface area contributed by atoms with Crippen LogP contribution in [0.5, 0.6) is 0 Å². The van der Waals surface area contributed by atoms with Crippen LogP contribution in [-0.2, 0) is 12.8 Å². The molecule has 1 atom stereocenters. The molecule has 27 heavy (non-hydrogen) atoms. The Labute approximate surface area is 164 Å². The van der Waals surface area contributed by atoms with Gasteiger partial charge < -0.3 is 10.6 Å². The Balaban J connectivity index is 2.01. The standard InChI is InChI=1S/C18H18ClN3O4S/c1-9-3-5-11-14(7-9)27-18(15(11)17(24)20-2)21-16(23)12-8-10(19)4-6-13(12)22(25)26/h4,6,8-9H,3,5,7H2,1-2H3,(H,20,24)(H,21,23)/t9-/m1/s1. The van der Waals surface area contributed by atoms with Gasteiger partial charge in [0.05, 0.1) is 10.5 Å². The predicted octanol–water partition coefficient (Wildman–Crippen LogP) is 4.05. The van der Waals surface area contributed by atoms with Crippen molar-refractivity contribution in [3.05, 3.63) is 54.9 Å². The zero-order valence-electron chi connectivity index (χ0n) is 14.8. The lowest BCUT2D eigenvalue weighted by Crippen LogP contribution is -2.23. The Bertz CT molecular complexity index is 941. The zero-order valence-corrected chi connectivity index (χ0v) is 16.4. The SMILES string of the molecule is CNC(=O)c1c(NC(=O)c2cc(Cl)ccc2[N+](=O)[O-])sc2c1CC[C@@H](C)C2. The first-order chi connectivity index (χ1) is 12.8. The molecule has 0 spiro atoms. The van der Waals surface area contributed by atoms with Crippen LogP contribution in [0.25, 0.3) is 0 Å². The maximum Gasteiger partial charge on any atom is 0.282 e. The topological polar surface area (TPSA) is 101 Å². The van der Waals surface area contributed by atoms with E-state index in [1.165, 1.54) is 36.6 Å². The number of nitrogens with zero attached hydrogens (tertiary/aromatic N) is 1. The van der Waals surface area contributed by atoms with Crippen LogP contribution in [0, 0.1) is 16.0 Å². The van der Waals surface area contributed by atoms with Gasteiger partial charge in [0, 0.05) is 23.0 Å². The number of nitrogens with one attached hydrogen (secondary N) is 2. The molecule has 0 aliphatic heterocycles. The summed E-state index contributed by atoms with van der Waals surface area (Å²) >= 11 is 7.26. The van der Waals surface area contributed by atoms with Crippen molar-refractivity contribution in [2.45, 2.75) is 26.2 Å². The van der Waals surface area contributed by atoms with Gasteiger partial charge in [-0.15, -0.1) is 11.3 Å². The van der Waals surface area contributed by atoms with Crippen molar-refractivity contribution in [2.75, 3.05) is 12.4 Å². The zero-order chi connectivity index (χ0) is 19.7. The van der Waals surface area contributed by atoms with Gasteiger partial charge in [-0.3, -0.25) is 19.7 Å². The van der Waals surface area contributed by atoms with Gasteiger partial charge in [0.15, 0.2) is 0 Å². The molecule has 9 heteroatoms. The molecule has 1 aliphatic rings. The van der Waals surface area contributed by atoms with E-state index in [2.05, 4.69) is 17.6 Å². The minimum atomic E-state index is -0.666. The second-order valence-electron chi connectivity index (χ2n) is 6.51. The molecule has 0 fully saturated rings. The maximum absolute atomic E-state index is 12.7. The third kappa shape index (κ3) is 3.81. The summed E-state index contributed by atoms with van der Waals surface area (Å²) in [5.41, 5.74) is 0.916. The molecule has 0 bridgehead atoms. The summed E-state index contributed by atoms with van der Waals surface area (Å²) in [6.45, 7) is 2.15. The lowest BCUT2D eigenvalue weighted by Gasteiger charge is -2.18. The number of nitro benzene ring substituents is 1. The molecule has 2 amide bonds. The van der Waals surface area contributed by atoms with Crippen molar-refractivity contribution < 1.29 is 14.5 Å². The van der Waals surface area contributed by atoms with E-state index in [1.54, 1.807) is 0 Å². The van der Waals surface area contributed by atoms with Crippen molar-refractivity contribution >= 4 is 45.4 Å². The quantitative estimate of drug-likeness (QED) is 0.589. The normalized spacial score (nSPS) is 15.7. The van der Waals surface area contributed by atoms with E-state index in [4.69, 9.17) is 11.6 Å². The van der Waals surface area contributed by atoms with Crippen LogP contribution in [0.2, 0.25) is 5.02 Å². The highest BCUT2D eigenvalue weighted by Gasteiger charge is 2.29. The number of fused-ring (bicyclic) bond motifs is 1. The van der Waals surface area contributed by atoms with E-state index >= 15 is 0 Å². The number of thiophene rings is 1. The first-order valence-corrected chi connectivity index (χ1v) is 9.63. The number of benzene rings is 1.